The molecule has 0 saturated carbocycles. The highest BCUT2D eigenvalue weighted by atomic mass is 35.5. The maximum atomic E-state index is 10.7. The minimum atomic E-state index is -0.773. The van der Waals surface area contributed by atoms with Crippen LogP contribution < -0.4 is 0 Å². The standard InChI is InChI=1S/C15H20Cl2N2O2/c1-18(10-14(20)21)12-5-7-19(8-6-12)9-11-3-2-4-13(16)15(11)17/h2-4,12H,5-10H2,1H3,(H,20,21). The van der Waals surface area contributed by atoms with Gasteiger partial charge in [-0.2, -0.15) is 0 Å². The van der Waals surface area contributed by atoms with Crippen LogP contribution >= 0.6 is 23.2 Å². The van der Waals surface area contributed by atoms with Gasteiger partial charge in [0.25, 0.3) is 0 Å². The Bertz CT molecular complexity index is 502. The number of likely N-dealkylation sites (N-methyl/N-ethyl adjacent to an activating group) is 1. The Morgan fingerprint density at radius 1 is 1.38 bits per heavy atom. The monoisotopic (exact) mass is 330 g/mol. The molecule has 0 bridgehead atoms. The van der Waals surface area contributed by atoms with Crippen LogP contribution in [0, 0.1) is 0 Å². The average molecular weight is 331 g/mol. The normalized spacial score (nSPS) is 17.3. The summed E-state index contributed by atoms with van der Waals surface area (Å²) < 4.78 is 0. The maximum absolute atomic E-state index is 10.7. The zero-order valence-corrected chi connectivity index (χ0v) is 13.6. The van der Waals surface area contributed by atoms with Crippen LogP contribution in [-0.2, 0) is 11.3 Å². The van der Waals surface area contributed by atoms with Crippen molar-refractivity contribution in [2.24, 2.45) is 0 Å². The number of likely N-dealkylation sites (tertiary alicyclic amines) is 1. The first kappa shape index (κ1) is 16.6. The quantitative estimate of drug-likeness (QED) is 0.901. The van der Waals surface area contributed by atoms with Crippen molar-refractivity contribution in [3.63, 3.8) is 0 Å². The Morgan fingerprint density at radius 2 is 2.05 bits per heavy atom. The van der Waals surface area contributed by atoms with Crippen LogP contribution in [0.5, 0.6) is 0 Å². The lowest BCUT2D eigenvalue weighted by molar-refractivity contribution is -0.138. The van der Waals surface area contributed by atoms with Crippen molar-refractivity contribution in [3.05, 3.63) is 33.8 Å². The van der Waals surface area contributed by atoms with Crippen molar-refractivity contribution in [2.45, 2.75) is 25.4 Å². The molecule has 0 aromatic heterocycles. The van der Waals surface area contributed by atoms with Crippen molar-refractivity contribution in [1.82, 2.24) is 9.80 Å². The number of nitrogens with zero attached hydrogens (tertiary/aromatic N) is 2. The minimum absolute atomic E-state index is 0.102. The number of hydrogen-bond donors (Lipinski definition) is 1. The van der Waals surface area contributed by atoms with Gasteiger partial charge < -0.3 is 5.11 Å². The summed E-state index contributed by atoms with van der Waals surface area (Å²) in [6.45, 7) is 2.77. The number of hydrogen-bond acceptors (Lipinski definition) is 3. The Labute approximate surface area is 135 Å². The molecule has 21 heavy (non-hydrogen) atoms. The Morgan fingerprint density at radius 3 is 2.67 bits per heavy atom. The van der Waals surface area contributed by atoms with E-state index in [4.69, 9.17) is 28.3 Å². The van der Waals surface area contributed by atoms with Crippen LogP contribution in [0.2, 0.25) is 10.0 Å². The van der Waals surface area contributed by atoms with Crippen molar-refractivity contribution >= 4 is 29.2 Å². The van der Waals surface area contributed by atoms with Gasteiger partial charge in [-0.15, -0.1) is 0 Å². The number of piperidine rings is 1. The molecule has 1 heterocycles. The van der Waals surface area contributed by atoms with Gasteiger partial charge in [0.15, 0.2) is 0 Å². The molecule has 1 aromatic carbocycles. The molecule has 1 aliphatic rings. The van der Waals surface area contributed by atoms with E-state index in [1.54, 1.807) is 6.07 Å². The van der Waals surface area contributed by atoms with E-state index in [-0.39, 0.29) is 6.54 Å². The number of rotatable bonds is 5. The summed E-state index contributed by atoms with van der Waals surface area (Å²) in [5.74, 6) is -0.773. The van der Waals surface area contributed by atoms with Crippen LogP contribution in [0.15, 0.2) is 18.2 Å². The summed E-state index contributed by atoms with van der Waals surface area (Å²) in [5, 5.41) is 10.1. The summed E-state index contributed by atoms with van der Waals surface area (Å²) >= 11 is 12.2. The van der Waals surface area contributed by atoms with E-state index >= 15 is 0 Å². The molecule has 6 heteroatoms. The van der Waals surface area contributed by atoms with Crippen LogP contribution in [0.1, 0.15) is 18.4 Å². The van der Waals surface area contributed by atoms with E-state index in [1.807, 2.05) is 24.1 Å². The second-order valence-electron chi connectivity index (χ2n) is 5.53. The van der Waals surface area contributed by atoms with Gasteiger partial charge in [-0.1, -0.05) is 35.3 Å². The summed E-state index contributed by atoms with van der Waals surface area (Å²) in [5.41, 5.74) is 1.04. The number of carboxylic acids is 1. The molecule has 0 atom stereocenters. The zero-order chi connectivity index (χ0) is 15.4. The largest absolute Gasteiger partial charge is 0.480 e. The molecule has 4 nitrogen and oxygen atoms in total. The summed E-state index contributed by atoms with van der Waals surface area (Å²) in [6.07, 6.45) is 1.95. The lowest BCUT2D eigenvalue weighted by atomic mass is 10.0. The third-order valence-electron chi connectivity index (χ3n) is 3.99. The van der Waals surface area contributed by atoms with E-state index in [9.17, 15) is 4.79 Å². The van der Waals surface area contributed by atoms with E-state index in [2.05, 4.69) is 4.90 Å². The molecule has 1 aromatic rings. The molecule has 0 spiro atoms. The lowest BCUT2D eigenvalue weighted by Gasteiger charge is -2.36. The number of benzene rings is 1. The number of carboxylic acid groups (broad SMARTS) is 1. The fraction of sp³-hybridized carbons (Fsp3) is 0.533. The molecule has 2 rings (SSSR count). The first-order valence-electron chi connectivity index (χ1n) is 7.04. The van der Waals surface area contributed by atoms with Gasteiger partial charge in [0.05, 0.1) is 16.6 Å². The van der Waals surface area contributed by atoms with Gasteiger partial charge in [-0.3, -0.25) is 14.6 Å². The molecule has 0 unspecified atom stereocenters. The smallest absolute Gasteiger partial charge is 0.317 e. The molecule has 0 amide bonds. The van der Waals surface area contributed by atoms with Gasteiger partial charge in [0.2, 0.25) is 0 Å². The molecule has 0 radical (unpaired) electrons. The number of carbonyl (C=O) groups is 1. The lowest BCUT2D eigenvalue weighted by Crippen LogP contribution is -2.44. The third kappa shape index (κ3) is 4.58. The van der Waals surface area contributed by atoms with Crippen molar-refractivity contribution in [1.29, 1.82) is 0 Å². The van der Waals surface area contributed by atoms with Gasteiger partial charge >= 0.3 is 5.97 Å². The molecule has 1 N–H and O–H groups in total. The highest BCUT2D eigenvalue weighted by Gasteiger charge is 2.24. The average Bonchev–Trinajstić information content (AvgIpc) is 2.44. The Kier molecular flexibility index (Phi) is 5.88. The van der Waals surface area contributed by atoms with Crippen molar-refractivity contribution < 1.29 is 9.90 Å². The van der Waals surface area contributed by atoms with Gasteiger partial charge in [0.1, 0.15) is 0 Å². The topological polar surface area (TPSA) is 43.8 Å². The third-order valence-corrected chi connectivity index (χ3v) is 4.85. The molecule has 1 saturated heterocycles. The predicted octanol–water partition coefficient (Wildman–Crippen LogP) is 2.97. The van der Waals surface area contributed by atoms with E-state index in [1.165, 1.54) is 0 Å². The first-order chi connectivity index (χ1) is 9.97. The maximum Gasteiger partial charge on any atom is 0.317 e. The molecule has 1 fully saturated rings. The minimum Gasteiger partial charge on any atom is -0.480 e. The summed E-state index contributed by atoms with van der Waals surface area (Å²) in [6, 6.07) is 6.04. The number of aliphatic carboxylic acids is 1. The highest BCUT2D eigenvalue weighted by molar-refractivity contribution is 6.42. The fourth-order valence-electron chi connectivity index (χ4n) is 2.77. The molecule has 0 aliphatic carbocycles. The second-order valence-corrected chi connectivity index (χ2v) is 6.31. The fourth-order valence-corrected chi connectivity index (χ4v) is 3.15. The Balaban J connectivity index is 1.87. The van der Waals surface area contributed by atoms with Crippen LogP contribution in [0.3, 0.4) is 0 Å². The Hall–Kier alpha value is -0.810. The number of halogens is 2. The van der Waals surface area contributed by atoms with E-state index in [0.717, 1.165) is 38.0 Å². The van der Waals surface area contributed by atoms with Crippen LogP contribution in [0.4, 0.5) is 0 Å². The van der Waals surface area contributed by atoms with Crippen LogP contribution in [-0.4, -0.2) is 53.6 Å². The van der Waals surface area contributed by atoms with Gasteiger partial charge in [-0.05, 0) is 44.6 Å². The summed E-state index contributed by atoms with van der Waals surface area (Å²) in [4.78, 5) is 15.0. The van der Waals surface area contributed by atoms with Gasteiger partial charge in [-0.25, -0.2) is 0 Å². The van der Waals surface area contributed by atoms with Crippen molar-refractivity contribution in [2.75, 3.05) is 26.7 Å². The molecular formula is C15H20Cl2N2O2. The SMILES string of the molecule is CN(CC(=O)O)C1CCN(Cc2cccc(Cl)c2Cl)CC1. The van der Waals surface area contributed by atoms with Crippen molar-refractivity contribution in [3.8, 4) is 0 Å². The van der Waals surface area contributed by atoms with E-state index in [0.29, 0.717) is 16.1 Å². The second kappa shape index (κ2) is 7.45. The first-order valence-corrected chi connectivity index (χ1v) is 7.80. The molecule has 116 valence electrons. The molecular weight excluding hydrogens is 311 g/mol. The highest BCUT2D eigenvalue weighted by Crippen LogP contribution is 2.27. The summed E-state index contributed by atoms with van der Waals surface area (Å²) in [7, 11) is 1.88. The van der Waals surface area contributed by atoms with E-state index < -0.39 is 5.97 Å². The zero-order valence-electron chi connectivity index (χ0n) is 12.1. The molecule has 1 aliphatic heterocycles. The predicted molar refractivity (Wildman–Crippen MR) is 85.0 cm³/mol. The van der Waals surface area contributed by atoms with Gasteiger partial charge in [0, 0.05) is 12.6 Å². The van der Waals surface area contributed by atoms with Crippen LogP contribution in [0.25, 0.3) is 0 Å².